The molecule has 8 nitrogen and oxygen atoms in total. The van der Waals surface area contributed by atoms with Gasteiger partial charge < -0.3 is 15.5 Å². The highest BCUT2D eigenvalue weighted by atomic mass is 35.5. The van der Waals surface area contributed by atoms with Crippen LogP contribution in [0.5, 0.6) is 0 Å². The van der Waals surface area contributed by atoms with Crippen LogP contribution in [0.4, 0.5) is 17.1 Å². The van der Waals surface area contributed by atoms with Gasteiger partial charge in [-0.2, -0.15) is 5.10 Å². The zero-order valence-electron chi connectivity index (χ0n) is 23.0. The van der Waals surface area contributed by atoms with Gasteiger partial charge in [-0.15, -0.1) is 0 Å². The van der Waals surface area contributed by atoms with E-state index in [1.54, 1.807) is 11.0 Å². The van der Waals surface area contributed by atoms with Gasteiger partial charge in [0.05, 0.1) is 30.5 Å². The Morgan fingerprint density at radius 3 is 2.56 bits per heavy atom. The van der Waals surface area contributed by atoms with Gasteiger partial charge in [0.15, 0.2) is 5.78 Å². The number of fused-ring (bicyclic) bond motifs is 1. The van der Waals surface area contributed by atoms with E-state index < -0.39 is 6.04 Å². The standard InChI is InChI=1S/C32H31ClN6O2/c1-32(2)15-26-30(28(40)16-32)31(23-7-3-4-8-24(23)33)39(27-10-6-5-9-25(27)37-26)18-29(41)36-22-13-11-21(12-14-22)17-38-20-34-19-35-38/h3-14,19-20,31,37H,15-18H2,1-2H3,(H,36,41). The summed E-state index contributed by atoms with van der Waals surface area (Å²) in [4.78, 5) is 33.4. The van der Waals surface area contributed by atoms with Crippen LogP contribution in [0.3, 0.4) is 0 Å². The zero-order chi connectivity index (χ0) is 28.6. The lowest BCUT2D eigenvalue weighted by atomic mass is 9.73. The molecule has 1 aromatic heterocycles. The van der Waals surface area contributed by atoms with E-state index in [1.165, 1.54) is 6.33 Å². The van der Waals surface area contributed by atoms with Gasteiger partial charge >= 0.3 is 0 Å². The van der Waals surface area contributed by atoms with Crippen molar-refractivity contribution in [2.24, 2.45) is 5.41 Å². The van der Waals surface area contributed by atoms with Crippen LogP contribution < -0.4 is 15.5 Å². The number of amides is 1. The van der Waals surface area contributed by atoms with Crippen molar-refractivity contribution in [1.82, 2.24) is 14.8 Å². The Kier molecular flexibility index (Phi) is 7.09. The van der Waals surface area contributed by atoms with Crippen LogP contribution >= 0.6 is 11.6 Å². The molecule has 0 saturated heterocycles. The average Bonchev–Trinajstić information content (AvgIpc) is 3.40. The van der Waals surface area contributed by atoms with Crippen molar-refractivity contribution in [1.29, 1.82) is 0 Å². The molecular formula is C32H31ClN6O2. The summed E-state index contributed by atoms with van der Waals surface area (Å²) in [5.41, 5.74) is 5.56. The van der Waals surface area contributed by atoms with Crippen LogP contribution in [-0.4, -0.2) is 33.0 Å². The number of anilines is 3. The predicted octanol–water partition coefficient (Wildman–Crippen LogP) is 6.23. The maximum atomic E-state index is 13.8. The summed E-state index contributed by atoms with van der Waals surface area (Å²) in [7, 11) is 0. The van der Waals surface area contributed by atoms with E-state index in [2.05, 4.69) is 34.6 Å². The number of nitrogens with one attached hydrogen (secondary N) is 2. The molecule has 0 fully saturated rings. The van der Waals surface area contributed by atoms with E-state index >= 15 is 0 Å². The van der Waals surface area contributed by atoms with E-state index in [1.807, 2.05) is 77.7 Å². The number of ketones is 1. The second-order valence-electron chi connectivity index (χ2n) is 11.4. The molecule has 41 heavy (non-hydrogen) atoms. The number of benzene rings is 3. The molecule has 2 heterocycles. The fraction of sp³-hybridized carbons (Fsp3) is 0.250. The third kappa shape index (κ3) is 5.60. The molecule has 208 valence electrons. The normalized spacial score (nSPS) is 17.8. The summed E-state index contributed by atoms with van der Waals surface area (Å²) in [5, 5.41) is 11.3. The summed E-state index contributed by atoms with van der Waals surface area (Å²) in [6.07, 6.45) is 4.30. The molecule has 1 atom stereocenters. The van der Waals surface area contributed by atoms with Crippen LogP contribution in [0.2, 0.25) is 5.02 Å². The Morgan fingerprint density at radius 1 is 1.05 bits per heavy atom. The first kappa shape index (κ1) is 26.8. The zero-order valence-corrected chi connectivity index (χ0v) is 23.7. The number of nitrogens with zero attached hydrogens (tertiary/aromatic N) is 4. The summed E-state index contributed by atoms with van der Waals surface area (Å²) < 4.78 is 1.74. The molecule has 2 N–H and O–H groups in total. The van der Waals surface area contributed by atoms with Gasteiger partial charge in [-0.1, -0.05) is 67.9 Å². The first-order chi connectivity index (χ1) is 19.8. The molecule has 1 unspecified atom stereocenters. The first-order valence-corrected chi connectivity index (χ1v) is 14.0. The minimum atomic E-state index is -0.533. The SMILES string of the molecule is CC1(C)CC(=O)C2=C(C1)Nc1ccccc1N(CC(=O)Nc1ccc(Cn3cncn3)cc1)C2c1ccccc1Cl. The number of Topliss-reactive ketones (excluding diaryl/α,β-unsaturated/α-hetero) is 1. The number of carbonyl (C=O) groups is 2. The van der Waals surface area contributed by atoms with Gasteiger partial charge in [0, 0.05) is 28.4 Å². The fourth-order valence-corrected chi connectivity index (χ4v) is 6.04. The third-order valence-electron chi connectivity index (χ3n) is 7.57. The van der Waals surface area contributed by atoms with Gasteiger partial charge in [-0.05, 0) is 53.3 Å². The Hall–Kier alpha value is -4.43. The molecule has 0 saturated carbocycles. The Balaban J connectivity index is 1.35. The molecular weight excluding hydrogens is 536 g/mol. The highest BCUT2D eigenvalue weighted by Gasteiger charge is 2.42. The summed E-state index contributed by atoms with van der Waals surface area (Å²) in [6, 6.07) is 22.6. The number of para-hydroxylation sites is 2. The highest BCUT2D eigenvalue weighted by molar-refractivity contribution is 6.31. The molecule has 1 aliphatic carbocycles. The van der Waals surface area contributed by atoms with Gasteiger partial charge in [-0.25, -0.2) is 9.67 Å². The molecule has 1 amide bonds. The number of carbonyl (C=O) groups excluding carboxylic acids is 2. The van der Waals surface area contributed by atoms with Crippen molar-refractivity contribution >= 4 is 40.4 Å². The lowest BCUT2D eigenvalue weighted by molar-refractivity contribution is -0.119. The minimum Gasteiger partial charge on any atom is -0.357 e. The van der Waals surface area contributed by atoms with Gasteiger partial charge in [0.1, 0.15) is 12.7 Å². The maximum Gasteiger partial charge on any atom is 0.243 e. The van der Waals surface area contributed by atoms with Gasteiger partial charge in [0.2, 0.25) is 5.91 Å². The number of halogens is 1. The molecule has 0 spiro atoms. The predicted molar refractivity (Wildman–Crippen MR) is 161 cm³/mol. The Bertz CT molecular complexity index is 1630. The number of hydrogen-bond acceptors (Lipinski definition) is 6. The minimum absolute atomic E-state index is 0.0166. The van der Waals surface area contributed by atoms with Crippen molar-refractivity contribution in [3.63, 3.8) is 0 Å². The summed E-state index contributed by atoms with van der Waals surface area (Å²) >= 11 is 6.78. The van der Waals surface area contributed by atoms with Crippen molar-refractivity contribution in [3.8, 4) is 0 Å². The number of hydrogen-bond donors (Lipinski definition) is 2. The molecule has 9 heteroatoms. The smallest absolute Gasteiger partial charge is 0.243 e. The molecule has 2 aliphatic rings. The molecule has 0 bridgehead atoms. The van der Waals surface area contributed by atoms with Crippen molar-refractivity contribution < 1.29 is 9.59 Å². The highest BCUT2D eigenvalue weighted by Crippen LogP contribution is 2.49. The quantitative estimate of drug-likeness (QED) is 0.287. The molecule has 4 aromatic rings. The van der Waals surface area contributed by atoms with Crippen LogP contribution in [0, 0.1) is 5.41 Å². The third-order valence-corrected chi connectivity index (χ3v) is 7.91. The van der Waals surface area contributed by atoms with Gasteiger partial charge in [0.25, 0.3) is 0 Å². The number of allylic oxidation sites excluding steroid dienone is 1. The lowest BCUT2D eigenvalue weighted by Crippen LogP contribution is -2.40. The topological polar surface area (TPSA) is 92.2 Å². The van der Waals surface area contributed by atoms with E-state index in [9.17, 15) is 9.59 Å². The van der Waals surface area contributed by atoms with Crippen LogP contribution in [0.15, 0.2) is 96.7 Å². The van der Waals surface area contributed by atoms with Gasteiger partial charge in [-0.3, -0.25) is 9.59 Å². The Labute approximate surface area is 244 Å². The molecule has 3 aromatic carbocycles. The van der Waals surface area contributed by atoms with Crippen molar-refractivity contribution in [2.45, 2.75) is 39.3 Å². The monoisotopic (exact) mass is 566 g/mol. The fourth-order valence-electron chi connectivity index (χ4n) is 5.80. The van der Waals surface area contributed by atoms with E-state index in [4.69, 9.17) is 11.6 Å². The summed E-state index contributed by atoms with van der Waals surface area (Å²) in [5.74, 6) is -0.136. The van der Waals surface area contributed by atoms with E-state index in [-0.39, 0.29) is 23.7 Å². The van der Waals surface area contributed by atoms with Crippen molar-refractivity contribution in [3.05, 3.63) is 113 Å². The lowest BCUT2D eigenvalue weighted by Gasteiger charge is -2.38. The molecule has 6 rings (SSSR count). The number of rotatable bonds is 6. The van der Waals surface area contributed by atoms with Crippen LogP contribution in [0.25, 0.3) is 0 Å². The second kappa shape index (κ2) is 10.9. The van der Waals surface area contributed by atoms with E-state index in [0.717, 1.165) is 28.2 Å². The van der Waals surface area contributed by atoms with Crippen LogP contribution in [0.1, 0.15) is 43.9 Å². The summed E-state index contributed by atoms with van der Waals surface area (Å²) in [6.45, 7) is 4.83. The van der Waals surface area contributed by atoms with Crippen molar-refractivity contribution in [2.75, 3.05) is 22.1 Å². The van der Waals surface area contributed by atoms with E-state index in [0.29, 0.717) is 35.7 Å². The van der Waals surface area contributed by atoms with Crippen LogP contribution in [-0.2, 0) is 16.1 Å². The second-order valence-corrected chi connectivity index (χ2v) is 11.8. The Morgan fingerprint density at radius 2 is 1.80 bits per heavy atom. The average molecular weight is 567 g/mol. The first-order valence-electron chi connectivity index (χ1n) is 13.6. The largest absolute Gasteiger partial charge is 0.357 e. The molecule has 1 aliphatic heterocycles. The maximum absolute atomic E-state index is 13.8. The molecule has 0 radical (unpaired) electrons. The number of aromatic nitrogens is 3.